The van der Waals surface area contributed by atoms with E-state index in [0.29, 0.717) is 11.3 Å². The third-order valence-corrected chi connectivity index (χ3v) is 4.26. The first-order valence-electron chi connectivity index (χ1n) is 5.23. The van der Waals surface area contributed by atoms with Crippen LogP contribution in [0.5, 0.6) is 0 Å². The lowest BCUT2D eigenvalue weighted by Gasteiger charge is -1.97. The fourth-order valence-electron chi connectivity index (χ4n) is 1.71. The fourth-order valence-corrected chi connectivity index (χ4v) is 3.16. The SMILES string of the molecule is Cn1[nH]c(-c2cc(Br)cs2)c(CCC(=O)O)c1=O. The molecule has 2 N–H and O–H groups in total. The largest absolute Gasteiger partial charge is 0.481 e. The highest BCUT2D eigenvalue weighted by Crippen LogP contribution is 2.30. The van der Waals surface area contributed by atoms with Crippen LogP contribution >= 0.6 is 27.3 Å². The molecule has 0 atom stereocenters. The number of nitrogens with zero attached hydrogens (tertiary/aromatic N) is 1. The Morgan fingerprint density at radius 2 is 2.33 bits per heavy atom. The molecule has 0 unspecified atom stereocenters. The van der Waals surface area contributed by atoms with E-state index in [-0.39, 0.29) is 18.4 Å². The second-order valence-electron chi connectivity index (χ2n) is 3.85. The summed E-state index contributed by atoms with van der Waals surface area (Å²) in [6.45, 7) is 0. The van der Waals surface area contributed by atoms with E-state index in [0.717, 1.165) is 9.35 Å². The summed E-state index contributed by atoms with van der Waals surface area (Å²) >= 11 is 4.85. The van der Waals surface area contributed by atoms with Crippen LogP contribution in [0.1, 0.15) is 12.0 Å². The first kappa shape index (κ1) is 13.1. The molecule has 5 nitrogen and oxygen atoms in total. The van der Waals surface area contributed by atoms with Crippen molar-refractivity contribution >= 4 is 33.2 Å². The Hall–Kier alpha value is -1.34. The molecule has 0 aliphatic heterocycles. The number of aromatic nitrogens is 2. The highest BCUT2D eigenvalue weighted by atomic mass is 79.9. The van der Waals surface area contributed by atoms with Gasteiger partial charge in [0.2, 0.25) is 0 Å². The zero-order chi connectivity index (χ0) is 13.3. The number of hydrogen-bond acceptors (Lipinski definition) is 3. The molecule has 0 amide bonds. The molecule has 2 heterocycles. The molecule has 0 aromatic carbocycles. The first-order valence-corrected chi connectivity index (χ1v) is 6.90. The fraction of sp³-hybridized carbons (Fsp3) is 0.273. The predicted molar refractivity (Wildman–Crippen MR) is 73.0 cm³/mol. The molecule has 2 aromatic heterocycles. The average molecular weight is 331 g/mol. The van der Waals surface area contributed by atoms with E-state index in [9.17, 15) is 9.59 Å². The van der Waals surface area contributed by atoms with Crippen molar-refractivity contribution in [1.29, 1.82) is 0 Å². The number of carbonyl (C=O) groups is 1. The minimum atomic E-state index is -0.906. The summed E-state index contributed by atoms with van der Waals surface area (Å²) in [5.41, 5.74) is 1.06. The summed E-state index contributed by atoms with van der Waals surface area (Å²) in [6.07, 6.45) is 0.184. The van der Waals surface area contributed by atoms with Crippen LogP contribution in [-0.4, -0.2) is 20.9 Å². The second kappa shape index (κ2) is 5.11. The third-order valence-electron chi connectivity index (χ3n) is 2.55. The zero-order valence-electron chi connectivity index (χ0n) is 9.57. The van der Waals surface area contributed by atoms with Gasteiger partial charge in [-0.05, 0) is 28.4 Å². The lowest BCUT2D eigenvalue weighted by atomic mass is 10.1. The molecule has 2 rings (SSSR count). The highest BCUT2D eigenvalue weighted by Gasteiger charge is 2.16. The Bertz CT molecular complexity index is 641. The zero-order valence-corrected chi connectivity index (χ0v) is 12.0. The highest BCUT2D eigenvalue weighted by molar-refractivity contribution is 9.10. The molecule has 0 aliphatic carbocycles. The van der Waals surface area contributed by atoms with Crippen molar-refractivity contribution in [1.82, 2.24) is 9.78 Å². The number of thiophene rings is 1. The molecule has 18 heavy (non-hydrogen) atoms. The summed E-state index contributed by atoms with van der Waals surface area (Å²) in [7, 11) is 1.62. The number of aliphatic carboxylic acids is 1. The van der Waals surface area contributed by atoms with Crippen molar-refractivity contribution in [3.63, 3.8) is 0 Å². The molecule has 0 spiro atoms. The van der Waals surface area contributed by atoms with Gasteiger partial charge < -0.3 is 5.11 Å². The van der Waals surface area contributed by atoms with E-state index in [2.05, 4.69) is 21.0 Å². The van der Waals surface area contributed by atoms with Crippen LogP contribution in [0.4, 0.5) is 0 Å². The number of halogens is 1. The molecule has 0 aliphatic rings. The third kappa shape index (κ3) is 2.56. The van der Waals surface area contributed by atoms with E-state index in [1.54, 1.807) is 7.05 Å². The van der Waals surface area contributed by atoms with Gasteiger partial charge in [0.25, 0.3) is 5.56 Å². The van der Waals surface area contributed by atoms with Gasteiger partial charge in [-0.2, -0.15) is 0 Å². The number of aryl methyl sites for hydroxylation is 1. The topological polar surface area (TPSA) is 75.1 Å². The quantitative estimate of drug-likeness (QED) is 0.902. The first-order chi connectivity index (χ1) is 8.49. The Balaban J connectivity index is 2.44. The molecule has 7 heteroatoms. The van der Waals surface area contributed by atoms with Gasteiger partial charge in [-0.1, -0.05) is 0 Å². The molecule has 96 valence electrons. The minimum absolute atomic E-state index is 0.0490. The van der Waals surface area contributed by atoms with Crippen molar-refractivity contribution < 1.29 is 9.90 Å². The van der Waals surface area contributed by atoms with Crippen LogP contribution < -0.4 is 5.56 Å². The maximum atomic E-state index is 11.9. The van der Waals surface area contributed by atoms with E-state index in [1.165, 1.54) is 16.0 Å². The van der Waals surface area contributed by atoms with Gasteiger partial charge in [-0.15, -0.1) is 11.3 Å². The summed E-state index contributed by atoms with van der Waals surface area (Å²) in [5.74, 6) is -0.906. The van der Waals surface area contributed by atoms with Crippen LogP contribution in [0.2, 0.25) is 0 Å². The van der Waals surface area contributed by atoms with Gasteiger partial charge in [-0.3, -0.25) is 19.4 Å². The Morgan fingerprint density at radius 3 is 2.89 bits per heavy atom. The van der Waals surface area contributed by atoms with E-state index in [1.807, 2.05) is 11.4 Å². The number of hydrogen-bond donors (Lipinski definition) is 2. The molecule has 0 saturated carbocycles. The van der Waals surface area contributed by atoms with E-state index < -0.39 is 5.97 Å². The van der Waals surface area contributed by atoms with Gasteiger partial charge in [-0.25, -0.2) is 0 Å². The van der Waals surface area contributed by atoms with Crippen molar-refractivity contribution in [2.24, 2.45) is 7.05 Å². The van der Waals surface area contributed by atoms with Crippen molar-refractivity contribution in [2.75, 3.05) is 0 Å². The number of nitrogens with one attached hydrogen (secondary N) is 1. The van der Waals surface area contributed by atoms with Crippen LogP contribution in [0.15, 0.2) is 20.7 Å². The summed E-state index contributed by atoms with van der Waals surface area (Å²) in [6, 6.07) is 1.90. The number of carboxylic acid groups (broad SMARTS) is 1. The predicted octanol–water partition coefficient (Wildman–Crippen LogP) is 2.22. The number of carboxylic acids is 1. The van der Waals surface area contributed by atoms with E-state index in [4.69, 9.17) is 5.11 Å². The standard InChI is InChI=1S/C11H11BrN2O3S/c1-14-11(17)7(2-3-9(15)16)10(13-14)8-4-6(12)5-18-8/h4-5,13H,2-3H2,1H3,(H,15,16). The monoisotopic (exact) mass is 330 g/mol. The van der Waals surface area contributed by atoms with Gasteiger partial charge >= 0.3 is 5.97 Å². The minimum Gasteiger partial charge on any atom is -0.481 e. The Labute approximate surface area is 115 Å². The normalized spacial score (nSPS) is 10.8. The van der Waals surface area contributed by atoms with Gasteiger partial charge in [0, 0.05) is 28.9 Å². The molecule has 2 aromatic rings. The Morgan fingerprint density at radius 1 is 1.61 bits per heavy atom. The van der Waals surface area contributed by atoms with Crippen molar-refractivity contribution in [3.8, 4) is 10.6 Å². The maximum Gasteiger partial charge on any atom is 0.303 e. The van der Waals surface area contributed by atoms with Gasteiger partial charge in [0.05, 0.1) is 10.6 Å². The summed E-state index contributed by atoms with van der Waals surface area (Å²) in [5, 5.41) is 13.6. The molecule has 0 radical (unpaired) electrons. The molecule has 0 bridgehead atoms. The average Bonchev–Trinajstić information content (AvgIpc) is 2.83. The van der Waals surface area contributed by atoms with Crippen molar-refractivity contribution in [3.05, 3.63) is 31.8 Å². The number of rotatable bonds is 4. The smallest absolute Gasteiger partial charge is 0.303 e. The summed E-state index contributed by atoms with van der Waals surface area (Å²) < 4.78 is 2.32. The molecule has 0 saturated heterocycles. The molecular formula is C11H11BrN2O3S. The van der Waals surface area contributed by atoms with Crippen LogP contribution in [0.3, 0.4) is 0 Å². The van der Waals surface area contributed by atoms with Crippen LogP contribution in [-0.2, 0) is 18.3 Å². The summed E-state index contributed by atoms with van der Waals surface area (Å²) in [4.78, 5) is 23.4. The Kier molecular flexibility index (Phi) is 3.72. The number of aromatic amines is 1. The van der Waals surface area contributed by atoms with Gasteiger partial charge in [0.15, 0.2) is 0 Å². The van der Waals surface area contributed by atoms with E-state index >= 15 is 0 Å². The van der Waals surface area contributed by atoms with Crippen molar-refractivity contribution in [2.45, 2.75) is 12.8 Å². The molecular weight excluding hydrogens is 320 g/mol. The maximum absolute atomic E-state index is 11.9. The lowest BCUT2D eigenvalue weighted by molar-refractivity contribution is -0.136. The molecule has 0 fully saturated rings. The van der Waals surface area contributed by atoms with Gasteiger partial charge in [0.1, 0.15) is 0 Å². The second-order valence-corrected chi connectivity index (χ2v) is 5.68. The van der Waals surface area contributed by atoms with Crippen LogP contribution in [0.25, 0.3) is 10.6 Å². The number of H-pyrrole nitrogens is 1. The lowest BCUT2D eigenvalue weighted by Crippen LogP contribution is -2.16. The van der Waals surface area contributed by atoms with Crippen LogP contribution in [0, 0.1) is 0 Å².